The molecule has 1 aliphatic heterocycles. The van der Waals surface area contributed by atoms with Gasteiger partial charge in [-0.2, -0.15) is 13.2 Å². The molecule has 0 atom stereocenters. The average molecular weight is 482 g/mol. The van der Waals surface area contributed by atoms with E-state index in [2.05, 4.69) is 0 Å². The Balaban J connectivity index is 1.64. The molecule has 34 heavy (non-hydrogen) atoms. The van der Waals surface area contributed by atoms with E-state index in [4.69, 9.17) is 9.47 Å². The van der Waals surface area contributed by atoms with Crippen LogP contribution in [0.1, 0.15) is 24.0 Å². The molecule has 178 valence electrons. The summed E-state index contributed by atoms with van der Waals surface area (Å²) in [5, 5.41) is -0.318. The van der Waals surface area contributed by atoms with Gasteiger partial charge in [-0.3, -0.25) is 0 Å². The van der Waals surface area contributed by atoms with Gasteiger partial charge in [0.05, 0.1) is 24.3 Å². The van der Waals surface area contributed by atoms with Crippen LogP contribution in [0.4, 0.5) is 30.7 Å². The molecule has 0 radical (unpaired) electrons. The van der Waals surface area contributed by atoms with Gasteiger partial charge in [0.1, 0.15) is 23.3 Å². The number of alkyl halides is 3. The highest BCUT2D eigenvalue weighted by Crippen LogP contribution is 2.32. The predicted octanol–water partition coefficient (Wildman–Crippen LogP) is 6.67. The van der Waals surface area contributed by atoms with E-state index in [1.54, 1.807) is 0 Å². The fourth-order valence-corrected chi connectivity index (χ4v) is 3.77. The van der Waals surface area contributed by atoms with Crippen LogP contribution in [0, 0.1) is 35.1 Å². The van der Waals surface area contributed by atoms with Crippen molar-refractivity contribution >= 4 is 10.8 Å². The molecule has 0 saturated carbocycles. The summed E-state index contributed by atoms with van der Waals surface area (Å²) in [7, 11) is 0. The third kappa shape index (κ3) is 5.34. The SMILES string of the molecule is Fc1cc2cc(-c3c(F)cc(CCC4OCCCO4)cc3F)ccc2c(F)c1C#CC(F)(F)F. The Hall–Kier alpha value is -3.09. The van der Waals surface area contributed by atoms with E-state index in [1.165, 1.54) is 24.1 Å². The van der Waals surface area contributed by atoms with Crippen molar-refractivity contribution in [3.05, 3.63) is 70.8 Å². The van der Waals surface area contributed by atoms with E-state index in [9.17, 15) is 30.7 Å². The van der Waals surface area contributed by atoms with E-state index in [0.717, 1.165) is 30.5 Å². The first-order chi connectivity index (χ1) is 16.1. The van der Waals surface area contributed by atoms with Crippen molar-refractivity contribution in [2.75, 3.05) is 13.2 Å². The van der Waals surface area contributed by atoms with Crippen molar-refractivity contribution in [3.8, 4) is 23.0 Å². The molecule has 0 N–H and O–H groups in total. The summed E-state index contributed by atoms with van der Waals surface area (Å²) in [6, 6.07) is 6.59. The minimum Gasteiger partial charge on any atom is -0.353 e. The average Bonchev–Trinajstić information content (AvgIpc) is 2.77. The molecular formula is C25H17F7O2. The zero-order valence-corrected chi connectivity index (χ0v) is 17.5. The molecule has 0 unspecified atom stereocenters. The minimum absolute atomic E-state index is 0.0147. The van der Waals surface area contributed by atoms with Gasteiger partial charge in [0, 0.05) is 17.7 Å². The smallest absolute Gasteiger partial charge is 0.353 e. The highest BCUT2D eigenvalue weighted by atomic mass is 19.4. The number of hydrogen-bond acceptors (Lipinski definition) is 2. The van der Waals surface area contributed by atoms with E-state index in [1.807, 2.05) is 0 Å². The Morgan fingerprint density at radius 3 is 2.21 bits per heavy atom. The van der Waals surface area contributed by atoms with E-state index in [-0.39, 0.29) is 16.3 Å². The van der Waals surface area contributed by atoms with Crippen molar-refractivity contribution in [3.63, 3.8) is 0 Å². The molecule has 4 rings (SSSR count). The molecule has 1 heterocycles. The number of hydrogen-bond donors (Lipinski definition) is 0. The van der Waals surface area contributed by atoms with Crippen molar-refractivity contribution in [1.82, 2.24) is 0 Å². The molecule has 0 amide bonds. The zero-order chi connectivity index (χ0) is 24.5. The molecule has 3 aromatic rings. The third-order valence-electron chi connectivity index (χ3n) is 5.31. The second-order valence-corrected chi connectivity index (χ2v) is 7.73. The molecule has 1 aliphatic rings. The summed E-state index contributed by atoms with van der Waals surface area (Å²) in [4.78, 5) is 0. The minimum atomic E-state index is -4.92. The number of benzene rings is 3. The topological polar surface area (TPSA) is 18.5 Å². The largest absolute Gasteiger partial charge is 0.458 e. The van der Waals surface area contributed by atoms with E-state index in [0.29, 0.717) is 31.6 Å². The number of halogens is 7. The van der Waals surface area contributed by atoms with Gasteiger partial charge in [-0.25, -0.2) is 17.6 Å². The Morgan fingerprint density at radius 2 is 1.56 bits per heavy atom. The first kappa shape index (κ1) is 24.0. The van der Waals surface area contributed by atoms with Crippen molar-refractivity contribution in [2.24, 2.45) is 0 Å². The molecule has 0 aliphatic carbocycles. The van der Waals surface area contributed by atoms with Crippen LogP contribution in [0.15, 0.2) is 36.4 Å². The lowest BCUT2D eigenvalue weighted by atomic mass is 9.96. The summed E-state index contributed by atoms with van der Waals surface area (Å²) in [5.74, 6) is -2.06. The highest BCUT2D eigenvalue weighted by Gasteiger charge is 2.24. The van der Waals surface area contributed by atoms with Crippen LogP contribution in [-0.2, 0) is 15.9 Å². The molecule has 0 bridgehead atoms. The fraction of sp³-hybridized carbons (Fsp3) is 0.280. The molecule has 0 aromatic heterocycles. The number of fused-ring (bicyclic) bond motifs is 1. The van der Waals surface area contributed by atoms with Gasteiger partial charge < -0.3 is 9.47 Å². The number of aryl methyl sites for hydroxylation is 1. The summed E-state index contributed by atoms with van der Waals surface area (Å²) < 4.78 is 106. The fourth-order valence-electron chi connectivity index (χ4n) is 3.77. The Bertz CT molecular complexity index is 1260. The second-order valence-electron chi connectivity index (χ2n) is 7.73. The van der Waals surface area contributed by atoms with Crippen LogP contribution >= 0.6 is 0 Å². The lowest BCUT2D eigenvalue weighted by molar-refractivity contribution is -0.180. The van der Waals surface area contributed by atoms with E-state index < -0.39 is 46.9 Å². The first-order valence-electron chi connectivity index (χ1n) is 10.4. The second kappa shape index (κ2) is 9.65. The van der Waals surface area contributed by atoms with Crippen LogP contribution in [0.2, 0.25) is 0 Å². The van der Waals surface area contributed by atoms with Crippen LogP contribution < -0.4 is 0 Å². The van der Waals surface area contributed by atoms with Crippen LogP contribution in [-0.4, -0.2) is 25.7 Å². The molecular weight excluding hydrogens is 465 g/mol. The maximum Gasteiger partial charge on any atom is 0.458 e. The van der Waals surface area contributed by atoms with Gasteiger partial charge in [0.15, 0.2) is 6.29 Å². The molecule has 2 nitrogen and oxygen atoms in total. The van der Waals surface area contributed by atoms with Gasteiger partial charge in [0.2, 0.25) is 0 Å². The lowest BCUT2D eigenvalue weighted by Crippen LogP contribution is -2.25. The zero-order valence-electron chi connectivity index (χ0n) is 17.5. The molecule has 1 saturated heterocycles. The summed E-state index contributed by atoms with van der Waals surface area (Å²) in [6.45, 7) is 1.12. The summed E-state index contributed by atoms with van der Waals surface area (Å²) >= 11 is 0. The first-order valence-corrected chi connectivity index (χ1v) is 10.4. The Labute approximate surface area is 190 Å². The van der Waals surface area contributed by atoms with Crippen molar-refractivity contribution < 1.29 is 40.2 Å². The summed E-state index contributed by atoms with van der Waals surface area (Å²) in [5.41, 5.74) is -1.02. The Kier molecular flexibility index (Phi) is 6.82. The van der Waals surface area contributed by atoms with E-state index >= 15 is 0 Å². The van der Waals surface area contributed by atoms with Crippen LogP contribution in [0.3, 0.4) is 0 Å². The molecule has 1 fully saturated rings. The maximum atomic E-state index is 14.8. The maximum absolute atomic E-state index is 14.8. The third-order valence-corrected chi connectivity index (χ3v) is 5.31. The van der Waals surface area contributed by atoms with Crippen LogP contribution in [0.25, 0.3) is 21.9 Å². The predicted molar refractivity (Wildman–Crippen MR) is 111 cm³/mol. The quantitative estimate of drug-likeness (QED) is 0.305. The van der Waals surface area contributed by atoms with Crippen LogP contribution in [0.5, 0.6) is 0 Å². The van der Waals surface area contributed by atoms with Gasteiger partial charge in [-0.1, -0.05) is 18.1 Å². The highest BCUT2D eigenvalue weighted by molar-refractivity contribution is 5.89. The van der Waals surface area contributed by atoms with Crippen molar-refractivity contribution in [1.29, 1.82) is 0 Å². The summed E-state index contributed by atoms with van der Waals surface area (Å²) in [6.07, 6.45) is -3.83. The van der Waals surface area contributed by atoms with Crippen molar-refractivity contribution in [2.45, 2.75) is 31.7 Å². The molecule has 9 heteroatoms. The number of rotatable bonds is 4. The van der Waals surface area contributed by atoms with Gasteiger partial charge in [0.25, 0.3) is 0 Å². The van der Waals surface area contributed by atoms with Gasteiger partial charge in [-0.05, 0) is 53.6 Å². The van der Waals surface area contributed by atoms with Gasteiger partial charge in [-0.15, -0.1) is 0 Å². The number of ether oxygens (including phenoxy) is 2. The Morgan fingerprint density at radius 1 is 0.882 bits per heavy atom. The lowest BCUT2D eigenvalue weighted by Gasteiger charge is -2.23. The standard InChI is InChI=1S/C25H17F7O2/c26-19-13-16-12-15(3-4-17(16)24(29)18(19)6-7-25(30,31)32)23-20(27)10-14(11-21(23)28)2-5-22-33-8-1-9-34-22/h3-4,10-13,22H,1-2,5,8-9H2. The molecule has 3 aromatic carbocycles. The molecule has 0 spiro atoms. The van der Waals surface area contributed by atoms with Gasteiger partial charge >= 0.3 is 6.18 Å². The monoisotopic (exact) mass is 482 g/mol. The normalized spacial score (nSPS) is 14.8.